The van der Waals surface area contributed by atoms with Crippen LogP contribution in [0.15, 0.2) is 48.5 Å². The average Bonchev–Trinajstić information content (AvgIpc) is 2.64. The molecule has 2 amide bonds. The fraction of sp³-hybridized carbons (Fsp3) is 0.176. The fourth-order valence-corrected chi connectivity index (χ4v) is 1.88. The van der Waals surface area contributed by atoms with Crippen molar-refractivity contribution in [2.75, 3.05) is 20.8 Å². The summed E-state index contributed by atoms with van der Waals surface area (Å²) in [6, 6.07) is 13.5. The highest BCUT2D eigenvalue weighted by Gasteiger charge is 2.10. The zero-order chi connectivity index (χ0) is 17.4. The minimum absolute atomic E-state index is 0.265. The predicted molar refractivity (Wildman–Crippen MR) is 87.1 cm³/mol. The van der Waals surface area contributed by atoms with E-state index in [2.05, 4.69) is 10.9 Å². The van der Waals surface area contributed by atoms with Gasteiger partial charge in [-0.2, -0.15) is 0 Å². The molecule has 2 aromatic rings. The van der Waals surface area contributed by atoms with Crippen molar-refractivity contribution in [1.29, 1.82) is 0 Å². The van der Waals surface area contributed by atoms with Crippen LogP contribution in [0.25, 0.3) is 0 Å². The smallest absolute Gasteiger partial charge is 0.276 e. The molecule has 0 aliphatic rings. The molecule has 0 aliphatic heterocycles. The summed E-state index contributed by atoms with van der Waals surface area (Å²) < 4.78 is 15.5. The molecule has 0 atom stereocenters. The summed E-state index contributed by atoms with van der Waals surface area (Å²) in [6.45, 7) is -0.265. The average molecular weight is 330 g/mol. The molecule has 0 unspecified atom stereocenters. The number of hydrogen-bond acceptors (Lipinski definition) is 5. The molecule has 0 aliphatic carbocycles. The Morgan fingerprint density at radius 2 is 1.67 bits per heavy atom. The molecular formula is C17H18N2O5. The van der Waals surface area contributed by atoms with Crippen LogP contribution in [0.5, 0.6) is 17.2 Å². The van der Waals surface area contributed by atoms with E-state index in [1.807, 2.05) is 0 Å². The van der Waals surface area contributed by atoms with E-state index in [9.17, 15) is 9.59 Å². The van der Waals surface area contributed by atoms with E-state index in [4.69, 9.17) is 14.2 Å². The fourth-order valence-electron chi connectivity index (χ4n) is 1.88. The van der Waals surface area contributed by atoms with E-state index in [0.29, 0.717) is 22.8 Å². The molecule has 0 fully saturated rings. The highest BCUT2D eigenvalue weighted by Crippen LogP contribution is 2.25. The van der Waals surface area contributed by atoms with Gasteiger partial charge >= 0.3 is 0 Å². The summed E-state index contributed by atoms with van der Waals surface area (Å²) in [4.78, 5) is 23.7. The van der Waals surface area contributed by atoms with Crippen molar-refractivity contribution in [3.63, 3.8) is 0 Å². The van der Waals surface area contributed by atoms with Crippen molar-refractivity contribution in [3.8, 4) is 17.2 Å². The SMILES string of the molecule is COc1cccc(C(=O)NNC(=O)COc2ccccc2OC)c1. The second kappa shape index (κ2) is 8.42. The largest absolute Gasteiger partial charge is 0.497 e. The first-order valence-corrected chi connectivity index (χ1v) is 7.13. The van der Waals surface area contributed by atoms with Gasteiger partial charge < -0.3 is 14.2 Å². The number of ether oxygens (including phenoxy) is 3. The zero-order valence-electron chi connectivity index (χ0n) is 13.4. The molecule has 24 heavy (non-hydrogen) atoms. The third kappa shape index (κ3) is 4.64. The predicted octanol–water partition coefficient (Wildman–Crippen LogP) is 1.54. The van der Waals surface area contributed by atoms with Gasteiger partial charge in [0.1, 0.15) is 5.75 Å². The molecule has 0 saturated heterocycles. The van der Waals surface area contributed by atoms with Crippen LogP contribution < -0.4 is 25.1 Å². The highest BCUT2D eigenvalue weighted by atomic mass is 16.5. The Morgan fingerprint density at radius 1 is 0.917 bits per heavy atom. The second-order valence-electron chi connectivity index (χ2n) is 4.67. The number of nitrogens with one attached hydrogen (secondary N) is 2. The van der Waals surface area contributed by atoms with Gasteiger partial charge in [-0.25, -0.2) is 0 Å². The zero-order valence-corrected chi connectivity index (χ0v) is 13.4. The number of methoxy groups -OCH3 is 2. The van der Waals surface area contributed by atoms with Crippen LogP contribution in [0.4, 0.5) is 0 Å². The molecule has 2 rings (SSSR count). The lowest BCUT2D eigenvalue weighted by Crippen LogP contribution is -2.43. The van der Waals surface area contributed by atoms with E-state index >= 15 is 0 Å². The molecule has 0 spiro atoms. The number of para-hydroxylation sites is 2. The van der Waals surface area contributed by atoms with Gasteiger partial charge in [-0.1, -0.05) is 18.2 Å². The lowest BCUT2D eigenvalue weighted by molar-refractivity contribution is -0.123. The Morgan fingerprint density at radius 3 is 2.38 bits per heavy atom. The molecular weight excluding hydrogens is 312 g/mol. The van der Waals surface area contributed by atoms with Crippen LogP contribution >= 0.6 is 0 Å². The number of hydrazine groups is 1. The molecule has 7 nitrogen and oxygen atoms in total. The normalized spacial score (nSPS) is 9.75. The van der Waals surface area contributed by atoms with Gasteiger partial charge in [0, 0.05) is 5.56 Å². The van der Waals surface area contributed by atoms with E-state index in [1.54, 1.807) is 48.5 Å². The lowest BCUT2D eigenvalue weighted by atomic mass is 10.2. The maximum Gasteiger partial charge on any atom is 0.276 e. The van der Waals surface area contributed by atoms with Gasteiger partial charge in [0.25, 0.3) is 11.8 Å². The Hall–Kier alpha value is -3.22. The first kappa shape index (κ1) is 17.1. The molecule has 0 bridgehead atoms. The maximum absolute atomic E-state index is 11.9. The van der Waals surface area contributed by atoms with E-state index in [0.717, 1.165) is 0 Å². The summed E-state index contributed by atoms with van der Waals surface area (Å²) in [5.74, 6) is 0.546. The number of carbonyl (C=O) groups excluding carboxylic acids is 2. The van der Waals surface area contributed by atoms with Gasteiger partial charge in [0.05, 0.1) is 14.2 Å². The number of carbonyl (C=O) groups is 2. The van der Waals surface area contributed by atoms with Gasteiger partial charge in [-0.05, 0) is 30.3 Å². The molecule has 126 valence electrons. The first-order chi connectivity index (χ1) is 11.6. The van der Waals surface area contributed by atoms with Crippen molar-refractivity contribution < 1.29 is 23.8 Å². The third-order valence-electron chi connectivity index (χ3n) is 3.08. The first-order valence-electron chi connectivity index (χ1n) is 7.13. The van der Waals surface area contributed by atoms with Crippen LogP contribution in [0.1, 0.15) is 10.4 Å². The molecule has 0 heterocycles. The summed E-state index contributed by atoms with van der Waals surface area (Å²) >= 11 is 0. The molecule has 0 saturated carbocycles. The lowest BCUT2D eigenvalue weighted by Gasteiger charge is -2.11. The van der Waals surface area contributed by atoms with Gasteiger partial charge in [0.15, 0.2) is 18.1 Å². The van der Waals surface area contributed by atoms with Crippen LogP contribution in [-0.2, 0) is 4.79 Å². The van der Waals surface area contributed by atoms with E-state index < -0.39 is 11.8 Å². The minimum Gasteiger partial charge on any atom is -0.497 e. The topological polar surface area (TPSA) is 85.9 Å². The minimum atomic E-state index is -0.503. The van der Waals surface area contributed by atoms with E-state index in [1.165, 1.54) is 14.2 Å². The molecule has 0 radical (unpaired) electrons. The summed E-state index contributed by atoms with van der Waals surface area (Å²) in [5, 5.41) is 0. The number of amides is 2. The Labute approximate surface area is 139 Å². The Kier molecular flexibility index (Phi) is 6.01. The number of rotatable bonds is 6. The molecule has 2 N–H and O–H groups in total. The molecule has 0 aromatic heterocycles. The van der Waals surface area contributed by atoms with Gasteiger partial charge in [-0.15, -0.1) is 0 Å². The van der Waals surface area contributed by atoms with Crippen molar-refractivity contribution in [2.24, 2.45) is 0 Å². The van der Waals surface area contributed by atoms with Crippen LogP contribution in [0, 0.1) is 0 Å². The summed E-state index contributed by atoms with van der Waals surface area (Å²) in [7, 11) is 3.02. The number of benzene rings is 2. The third-order valence-corrected chi connectivity index (χ3v) is 3.08. The van der Waals surface area contributed by atoms with Crippen molar-refractivity contribution in [1.82, 2.24) is 10.9 Å². The van der Waals surface area contributed by atoms with Crippen LogP contribution in [0.3, 0.4) is 0 Å². The van der Waals surface area contributed by atoms with E-state index in [-0.39, 0.29) is 6.61 Å². The Balaban J connectivity index is 1.83. The monoisotopic (exact) mass is 330 g/mol. The van der Waals surface area contributed by atoms with Gasteiger partial charge in [-0.3, -0.25) is 20.4 Å². The van der Waals surface area contributed by atoms with Crippen molar-refractivity contribution in [2.45, 2.75) is 0 Å². The van der Waals surface area contributed by atoms with Crippen LogP contribution in [-0.4, -0.2) is 32.6 Å². The number of hydrogen-bond donors (Lipinski definition) is 2. The molecule has 7 heteroatoms. The quantitative estimate of drug-likeness (QED) is 0.785. The summed E-state index contributed by atoms with van der Waals surface area (Å²) in [6.07, 6.45) is 0. The van der Waals surface area contributed by atoms with Crippen LogP contribution in [0.2, 0.25) is 0 Å². The second-order valence-corrected chi connectivity index (χ2v) is 4.67. The van der Waals surface area contributed by atoms with Gasteiger partial charge in [0.2, 0.25) is 0 Å². The standard InChI is InChI=1S/C17H18N2O5/c1-22-13-7-5-6-12(10-13)17(21)19-18-16(20)11-24-15-9-4-3-8-14(15)23-2/h3-10H,11H2,1-2H3,(H,18,20)(H,19,21). The van der Waals surface area contributed by atoms with Crippen molar-refractivity contribution >= 4 is 11.8 Å². The molecule has 2 aromatic carbocycles. The summed E-state index contributed by atoms with van der Waals surface area (Å²) in [5.41, 5.74) is 4.95. The highest BCUT2D eigenvalue weighted by molar-refractivity contribution is 5.95. The Bertz CT molecular complexity index is 718. The maximum atomic E-state index is 11.9. The van der Waals surface area contributed by atoms with Crippen molar-refractivity contribution in [3.05, 3.63) is 54.1 Å².